The fourth-order valence-corrected chi connectivity index (χ4v) is 4.62. The van der Waals surface area contributed by atoms with Gasteiger partial charge in [0.05, 0.1) is 12.2 Å². The summed E-state index contributed by atoms with van der Waals surface area (Å²) in [6.07, 6.45) is 2.51. The fourth-order valence-electron chi connectivity index (χ4n) is 4.62. The van der Waals surface area contributed by atoms with Crippen LogP contribution in [0.1, 0.15) is 56.0 Å². The Bertz CT molecular complexity index is 1260. The van der Waals surface area contributed by atoms with E-state index >= 15 is 0 Å². The first kappa shape index (κ1) is 25.5. The van der Waals surface area contributed by atoms with Crippen molar-refractivity contribution >= 4 is 17.6 Å². The zero-order valence-corrected chi connectivity index (χ0v) is 21.1. The molecule has 0 bridgehead atoms. The summed E-state index contributed by atoms with van der Waals surface area (Å²) < 4.78 is 5.88. The van der Waals surface area contributed by atoms with Gasteiger partial charge in [-0.25, -0.2) is 4.79 Å². The van der Waals surface area contributed by atoms with Crippen molar-refractivity contribution in [3.63, 3.8) is 0 Å². The molecule has 3 aromatic carbocycles. The SMILES string of the molecule is CC(C)(C)c1cc(-c2cc(-c3ccc(C(=O)O)cc3)ccc2OCCO)ccc1N1CCCCC1=O. The van der Waals surface area contributed by atoms with E-state index in [0.717, 1.165) is 52.9 Å². The molecule has 0 aliphatic carbocycles. The third-order valence-corrected chi connectivity index (χ3v) is 6.52. The summed E-state index contributed by atoms with van der Waals surface area (Å²) in [5.41, 5.74) is 5.70. The number of amides is 1. The van der Waals surface area contributed by atoms with Crippen LogP contribution in [0.3, 0.4) is 0 Å². The predicted molar refractivity (Wildman–Crippen MR) is 142 cm³/mol. The van der Waals surface area contributed by atoms with Gasteiger partial charge in [-0.15, -0.1) is 0 Å². The largest absolute Gasteiger partial charge is 0.491 e. The van der Waals surface area contributed by atoms with Gasteiger partial charge in [-0.05, 0) is 76.9 Å². The molecular formula is C30H33NO5. The van der Waals surface area contributed by atoms with E-state index in [1.165, 1.54) is 0 Å². The van der Waals surface area contributed by atoms with Gasteiger partial charge in [0.1, 0.15) is 12.4 Å². The Labute approximate surface area is 212 Å². The van der Waals surface area contributed by atoms with Gasteiger partial charge in [0.25, 0.3) is 0 Å². The standard InChI is InChI=1S/C30H33NO5/c1-30(2,3)25-19-23(11-13-26(25)31-15-5-4-6-28(31)33)24-18-22(12-14-27(24)36-17-16-32)20-7-9-21(10-8-20)29(34)35/h7-14,18-19,32H,4-6,15-17H2,1-3H3,(H,34,35). The van der Waals surface area contributed by atoms with Crippen LogP contribution >= 0.6 is 0 Å². The van der Waals surface area contributed by atoms with Crippen LogP contribution in [0.5, 0.6) is 5.75 Å². The number of rotatable bonds is 7. The number of aliphatic hydroxyl groups excluding tert-OH is 1. The molecule has 0 atom stereocenters. The number of nitrogens with zero attached hydrogens (tertiary/aromatic N) is 1. The highest BCUT2D eigenvalue weighted by Crippen LogP contribution is 2.40. The number of ether oxygens (including phenoxy) is 1. The lowest BCUT2D eigenvalue weighted by atomic mass is 9.83. The minimum Gasteiger partial charge on any atom is -0.491 e. The smallest absolute Gasteiger partial charge is 0.335 e. The van der Waals surface area contributed by atoms with Crippen molar-refractivity contribution in [2.24, 2.45) is 0 Å². The number of benzene rings is 3. The number of aliphatic hydroxyl groups is 1. The second-order valence-electron chi connectivity index (χ2n) is 10.1. The van der Waals surface area contributed by atoms with Gasteiger partial charge in [-0.1, -0.05) is 45.0 Å². The van der Waals surface area contributed by atoms with Gasteiger partial charge in [0.15, 0.2) is 0 Å². The number of carboxylic acid groups (broad SMARTS) is 1. The second-order valence-corrected chi connectivity index (χ2v) is 10.1. The first-order valence-electron chi connectivity index (χ1n) is 12.4. The van der Waals surface area contributed by atoms with Crippen molar-refractivity contribution in [3.8, 4) is 28.0 Å². The van der Waals surface area contributed by atoms with E-state index in [0.29, 0.717) is 12.2 Å². The van der Waals surface area contributed by atoms with Gasteiger partial charge < -0.3 is 19.8 Å². The molecular weight excluding hydrogens is 454 g/mol. The second kappa shape index (κ2) is 10.5. The summed E-state index contributed by atoms with van der Waals surface area (Å²) in [7, 11) is 0. The van der Waals surface area contributed by atoms with Crippen LogP contribution in [0.4, 0.5) is 5.69 Å². The maximum atomic E-state index is 12.7. The lowest BCUT2D eigenvalue weighted by molar-refractivity contribution is -0.119. The average molecular weight is 488 g/mol. The molecule has 0 spiro atoms. The molecule has 6 heteroatoms. The number of carboxylic acids is 1. The Morgan fingerprint density at radius 3 is 2.28 bits per heavy atom. The van der Waals surface area contributed by atoms with Gasteiger partial charge in [-0.3, -0.25) is 4.79 Å². The van der Waals surface area contributed by atoms with Gasteiger partial charge in [0.2, 0.25) is 5.91 Å². The van der Waals surface area contributed by atoms with Crippen LogP contribution in [0.25, 0.3) is 22.3 Å². The molecule has 3 aromatic rings. The van der Waals surface area contributed by atoms with Crippen molar-refractivity contribution in [2.45, 2.75) is 45.4 Å². The van der Waals surface area contributed by atoms with Crippen LogP contribution in [0.15, 0.2) is 60.7 Å². The molecule has 0 saturated carbocycles. The molecule has 188 valence electrons. The molecule has 1 amide bonds. The number of anilines is 1. The zero-order chi connectivity index (χ0) is 25.9. The molecule has 2 N–H and O–H groups in total. The Hall–Kier alpha value is -3.64. The molecule has 0 unspecified atom stereocenters. The topological polar surface area (TPSA) is 87.1 Å². The number of hydrogen-bond acceptors (Lipinski definition) is 4. The molecule has 36 heavy (non-hydrogen) atoms. The monoisotopic (exact) mass is 487 g/mol. The molecule has 1 saturated heterocycles. The summed E-state index contributed by atoms with van der Waals surface area (Å²) in [4.78, 5) is 25.9. The van der Waals surface area contributed by atoms with E-state index in [1.54, 1.807) is 24.3 Å². The van der Waals surface area contributed by atoms with Crippen LogP contribution in [0.2, 0.25) is 0 Å². The van der Waals surface area contributed by atoms with Gasteiger partial charge in [0, 0.05) is 24.2 Å². The summed E-state index contributed by atoms with van der Waals surface area (Å²) in [6, 6.07) is 18.8. The molecule has 0 radical (unpaired) electrons. The zero-order valence-electron chi connectivity index (χ0n) is 21.1. The molecule has 1 fully saturated rings. The summed E-state index contributed by atoms with van der Waals surface area (Å²) in [6.45, 7) is 7.25. The highest BCUT2D eigenvalue weighted by molar-refractivity contribution is 5.95. The quantitative estimate of drug-likeness (QED) is 0.433. The van der Waals surface area contributed by atoms with E-state index in [9.17, 15) is 19.8 Å². The minimum atomic E-state index is -0.961. The van der Waals surface area contributed by atoms with Crippen LogP contribution < -0.4 is 9.64 Å². The Kier molecular flexibility index (Phi) is 7.45. The van der Waals surface area contributed by atoms with Gasteiger partial charge >= 0.3 is 5.97 Å². The van der Waals surface area contributed by atoms with E-state index in [1.807, 2.05) is 35.2 Å². The van der Waals surface area contributed by atoms with Crippen molar-refractivity contribution in [1.29, 1.82) is 0 Å². The van der Waals surface area contributed by atoms with E-state index in [2.05, 4.69) is 26.8 Å². The first-order valence-corrected chi connectivity index (χ1v) is 12.4. The van der Waals surface area contributed by atoms with Crippen molar-refractivity contribution in [3.05, 3.63) is 71.8 Å². The molecule has 6 nitrogen and oxygen atoms in total. The van der Waals surface area contributed by atoms with E-state index in [-0.39, 0.29) is 30.1 Å². The number of carbonyl (C=O) groups is 2. The number of carbonyl (C=O) groups excluding carboxylic acids is 1. The molecule has 1 heterocycles. The fraction of sp³-hybridized carbons (Fsp3) is 0.333. The number of aromatic carboxylic acids is 1. The van der Waals surface area contributed by atoms with Crippen molar-refractivity contribution < 1.29 is 24.5 Å². The Morgan fingerprint density at radius 1 is 0.944 bits per heavy atom. The molecule has 1 aliphatic rings. The van der Waals surface area contributed by atoms with Crippen LogP contribution in [-0.2, 0) is 10.2 Å². The summed E-state index contributed by atoms with van der Waals surface area (Å²) in [5, 5.41) is 18.6. The van der Waals surface area contributed by atoms with E-state index in [4.69, 9.17) is 4.74 Å². The lowest BCUT2D eigenvalue weighted by Crippen LogP contribution is -2.36. The number of hydrogen-bond donors (Lipinski definition) is 2. The maximum absolute atomic E-state index is 12.7. The molecule has 1 aliphatic heterocycles. The Morgan fingerprint density at radius 2 is 1.64 bits per heavy atom. The number of piperidine rings is 1. The summed E-state index contributed by atoms with van der Waals surface area (Å²) >= 11 is 0. The lowest BCUT2D eigenvalue weighted by Gasteiger charge is -2.33. The van der Waals surface area contributed by atoms with Crippen molar-refractivity contribution in [1.82, 2.24) is 0 Å². The van der Waals surface area contributed by atoms with Crippen LogP contribution in [0, 0.1) is 0 Å². The normalized spacial score (nSPS) is 14.1. The maximum Gasteiger partial charge on any atom is 0.335 e. The van der Waals surface area contributed by atoms with Crippen molar-refractivity contribution in [2.75, 3.05) is 24.7 Å². The summed E-state index contributed by atoms with van der Waals surface area (Å²) in [5.74, 6) is -0.146. The predicted octanol–water partition coefficient (Wildman–Crippen LogP) is 5.90. The average Bonchev–Trinajstić information content (AvgIpc) is 2.87. The first-order chi connectivity index (χ1) is 17.2. The van der Waals surface area contributed by atoms with Crippen LogP contribution in [-0.4, -0.2) is 41.8 Å². The van der Waals surface area contributed by atoms with Gasteiger partial charge in [-0.2, -0.15) is 0 Å². The third-order valence-electron chi connectivity index (χ3n) is 6.52. The minimum absolute atomic E-state index is 0.0961. The highest BCUT2D eigenvalue weighted by atomic mass is 16.5. The third kappa shape index (κ3) is 5.44. The Balaban J connectivity index is 1.82. The van der Waals surface area contributed by atoms with E-state index < -0.39 is 5.97 Å². The molecule has 0 aromatic heterocycles. The highest BCUT2D eigenvalue weighted by Gasteiger charge is 2.27. The molecule has 4 rings (SSSR count).